The van der Waals surface area contributed by atoms with Gasteiger partial charge >= 0.3 is 0 Å². The molecule has 0 radical (unpaired) electrons. The van der Waals surface area contributed by atoms with Crippen LogP contribution in [0.25, 0.3) is 0 Å². The van der Waals surface area contributed by atoms with E-state index in [0.29, 0.717) is 12.1 Å². The predicted octanol–water partition coefficient (Wildman–Crippen LogP) is 1.67. The lowest BCUT2D eigenvalue weighted by Crippen LogP contribution is -2.44. The summed E-state index contributed by atoms with van der Waals surface area (Å²) in [4.78, 5) is 6.68. The van der Waals surface area contributed by atoms with Crippen LogP contribution in [0.4, 0.5) is 0 Å². The zero-order chi connectivity index (χ0) is 10.6. The molecule has 2 atom stereocenters. The van der Waals surface area contributed by atoms with Gasteiger partial charge in [0.05, 0.1) is 16.8 Å². The summed E-state index contributed by atoms with van der Waals surface area (Å²) in [5.41, 5.74) is 0. The first kappa shape index (κ1) is 9.27. The highest BCUT2D eigenvalue weighted by atomic mass is 32.2. The summed E-state index contributed by atoms with van der Waals surface area (Å²) in [7, 11) is 0. The van der Waals surface area contributed by atoms with Crippen LogP contribution in [0.3, 0.4) is 0 Å². The lowest BCUT2D eigenvalue weighted by Gasteiger charge is -2.29. The van der Waals surface area contributed by atoms with E-state index in [1.54, 1.807) is 11.8 Å². The monoisotopic (exact) mass is 223 g/mol. The molecule has 15 heavy (non-hydrogen) atoms. The standard InChI is InChI=1S/C10H13N3OS/c1-10(2)8(12-14)13-7-4-3-6(5-7)11-9(13)15-10/h3-4,6-7,14H,5H2,1-2H3. The molecule has 5 heteroatoms. The minimum absolute atomic E-state index is 0.175. The second-order valence-electron chi connectivity index (χ2n) is 4.57. The van der Waals surface area contributed by atoms with Gasteiger partial charge in [0.2, 0.25) is 0 Å². The Morgan fingerprint density at radius 3 is 3.13 bits per heavy atom. The summed E-state index contributed by atoms with van der Waals surface area (Å²) in [6.07, 6.45) is 5.31. The first-order valence-corrected chi connectivity index (χ1v) is 5.90. The van der Waals surface area contributed by atoms with Crippen LogP contribution in [0.15, 0.2) is 22.3 Å². The van der Waals surface area contributed by atoms with Crippen molar-refractivity contribution in [3.8, 4) is 0 Å². The van der Waals surface area contributed by atoms with Crippen LogP contribution in [0.2, 0.25) is 0 Å². The summed E-state index contributed by atoms with van der Waals surface area (Å²) in [6.45, 7) is 4.12. The average molecular weight is 223 g/mol. The van der Waals surface area contributed by atoms with Gasteiger partial charge in [0.25, 0.3) is 0 Å². The van der Waals surface area contributed by atoms with E-state index in [-0.39, 0.29) is 4.75 Å². The quantitative estimate of drug-likeness (QED) is 0.386. The van der Waals surface area contributed by atoms with Crippen LogP contribution in [-0.2, 0) is 0 Å². The van der Waals surface area contributed by atoms with Gasteiger partial charge in [-0.15, -0.1) is 0 Å². The van der Waals surface area contributed by atoms with Gasteiger partial charge in [-0.05, 0) is 20.3 Å². The highest BCUT2D eigenvalue weighted by Crippen LogP contribution is 2.43. The molecule has 1 N–H and O–H groups in total. The van der Waals surface area contributed by atoms with Gasteiger partial charge in [-0.2, -0.15) is 0 Å². The van der Waals surface area contributed by atoms with E-state index in [2.05, 4.69) is 41.0 Å². The Bertz CT molecular complexity index is 399. The first-order valence-electron chi connectivity index (χ1n) is 5.09. The number of nitrogens with zero attached hydrogens (tertiary/aromatic N) is 3. The molecule has 1 aliphatic carbocycles. The van der Waals surface area contributed by atoms with Gasteiger partial charge < -0.3 is 5.21 Å². The highest BCUT2D eigenvalue weighted by molar-refractivity contribution is 8.16. The van der Waals surface area contributed by atoms with Crippen LogP contribution in [0, 0.1) is 0 Å². The maximum atomic E-state index is 9.12. The van der Waals surface area contributed by atoms with Gasteiger partial charge in [-0.1, -0.05) is 29.1 Å². The van der Waals surface area contributed by atoms with Crippen molar-refractivity contribution < 1.29 is 5.21 Å². The van der Waals surface area contributed by atoms with Crippen molar-refractivity contribution in [3.63, 3.8) is 0 Å². The number of thioether (sulfide) groups is 1. The number of amidine groups is 2. The van der Waals surface area contributed by atoms with Crippen molar-refractivity contribution in [2.45, 2.75) is 37.1 Å². The summed E-state index contributed by atoms with van der Waals surface area (Å²) >= 11 is 1.68. The lowest BCUT2D eigenvalue weighted by atomic mass is 10.1. The summed E-state index contributed by atoms with van der Waals surface area (Å²) < 4.78 is -0.175. The van der Waals surface area contributed by atoms with Crippen molar-refractivity contribution in [2.24, 2.45) is 10.1 Å². The third kappa shape index (κ3) is 1.16. The number of rotatable bonds is 0. The smallest absolute Gasteiger partial charge is 0.167 e. The molecule has 2 unspecified atom stereocenters. The molecule has 0 saturated carbocycles. The number of hydrogen-bond acceptors (Lipinski definition) is 4. The van der Waals surface area contributed by atoms with Crippen molar-refractivity contribution >= 4 is 22.8 Å². The van der Waals surface area contributed by atoms with Crippen molar-refractivity contribution in [1.82, 2.24) is 4.90 Å². The van der Waals surface area contributed by atoms with Gasteiger partial charge in [0.1, 0.15) is 0 Å². The number of fused-ring (bicyclic) bond motifs is 4. The van der Waals surface area contributed by atoms with E-state index in [0.717, 1.165) is 17.4 Å². The third-order valence-electron chi connectivity index (χ3n) is 3.06. The molecule has 0 amide bonds. The normalized spacial score (nSPS) is 38.4. The molecule has 2 heterocycles. The van der Waals surface area contributed by atoms with Crippen LogP contribution in [0.5, 0.6) is 0 Å². The molecular formula is C10H13N3OS. The molecule has 1 fully saturated rings. The minimum atomic E-state index is -0.175. The van der Waals surface area contributed by atoms with Crippen molar-refractivity contribution in [3.05, 3.63) is 12.2 Å². The highest BCUT2D eigenvalue weighted by Gasteiger charge is 2.48. The van der Waals surface area contributed by atoms with Gasteiger partial charge in [-0.25, -0.2) is 0 Å². The van der Waals surface area contributed by atoms with E-state index in [1.165, 1.54) is 0 Å². The Labute approximate surface area is 92.7 Å². The molecule has 3 rings (SSSR count). The van der Waals surface area contributed by atoms with E-state index >= 15 is 0 Å². The Hall–Kier alpha value is -0.970. The largest absolute Gasteiger partial charge is 0.409 e. The fourth-order valence-corrected chi connectivity index (χ4v) is 3.55. The number of aliphatic imine (C=N–C) groups is 1. The SMILES string of the molecule is CC1(C)SC2=NC3C=CC(C3)N2C1=NO. The zero-order valence-electron chi connectivity index (χ0n) is 8.71. The van der Waals surface area contributed by atoms with Crippen molar-refractivity contribution in [2.75, 3.05) is 0 Å². The molecule has 2 aliphatic heterocycles. The Morgan fingerprint density at radius 1 is 1.60 bits per heavy atom. The van der Waals surface area contributed by atoms with E-state index in [4.69, 9.17) is 5.21 Å². The van der Waals surface area contributed by atoms with Gasteiger partial charge in [0.15, 0.2) is 11.0 Å². The second-order valence-corrected chi connectivity index (χ2v) is 6.16. The molecule has 80 valence electrons. The van der Waals surface area contributed by atoms with Gasteiger partial charge in [-0.3, -0.25) is 9.89 Å². The van der Waals surface area contributed by atoms with Crippen LogP contribution < -0.4 is 0 Å². The molecule has 3 aliphatic rings. The minimum Gasteiger partial charge on any atom is -0.409 e. The van der Waals surface area contributed by atoms with Crippen LogP contribution >= 0.6 is 11.8 Å². The number of oxime groups is 1. The molecule has 2 bridgehead atoms. The van der Waals surface area contributed by atoms with Crippen LogP contribution in [-0.4, -0.2) is 37.9 Å². The Kier molecular flexibility index (Phi) is 1.72. The van der Waals surface area contributed by atoms with E-state index in [1.807, 2.05) is 0 Å². The molecule has 1 saturated heterocycles. The maximum absolute atomic E-state index is 9.12. The molecule has 0 aromatic heterocycles. The van der Waals surface area contributed by atoms with E-state index < -0.39 is 0 Å². The lowest BCUT2D eigenvalue weighted by molar-refractivity contribution is 0.303. The number of hydrogen-bond donors (Lipinski definition) is 1. The summed E-state index contributed by atoms with van der Waals surface area (Å²) in [5.74, 6) is 0.723. The summed E-state index contributed by atoms with van der Waals surface area (Å²) in [6, 6.07) is 0.672. The average Bonchev–Trinajstić information content (AvgIpc) is 2.65. The molecule has 0 spiro atoms. The molecule has 4 nitrogen and oxygen atoms in total. The molecule has 0 aromatic rings. The maximum Gasteiger partial charge on any atom is 0.167 e. The fourth-order valence-electron chi connectivity index (χ4n) is 2.35. The molecule has 0 aromatic carbocycles. The Balaban J connectivity index is 2.08. The second kappa shape index (κ2) is 2.78. The topological polar surface area (TPSA) is 48.2 Å². The van der Waals surface area contributed by atoms with Crippen molar-refractivity contribution in [1.29, 1.82) is 0 Å². The predicted molar refractivity (Wildman–Crippen MR) is 61.5 cm³/mol. The third-order valence-corrected chi connectivity index (χ3v) is 4.24. The van der Waals surface area contributed by atoms with Gasteiger partial charge in [0, 0.05) is 0 Å². The molecular weight excluding hydrogens is 210 g/mol. The van der Waals surface area contributed by atoms with E-state index in [9.17, 15) is 0 Å². The fraction of sp³-hybridized carbons (Fsp3) is 0.600. The van der Waals surface area contributed by atoms with Crippen LogP contribution in [0.1, 0.15) is 20.3 Å². The summed E-state index contributed by atoms with van der Waals surface area (Å²) in [5, 5.41) is 13.6. The zero-order valence-corrected chi connectivity index (χ0v) is 9.53. The Morgan fingerprint density at radius 2 is 2.40 bits per heavy atom. The first-order chi connectivity index (χ1) is 7.12.